The Hall–Kier alpha value is -1.02. The molecule has 2 heteroatoms. The third-order valence-corrected chi connectivity index (χ3v) is 5.94. The molecular weight excluding hydrogens is 268 g/mol. The van der Waals surface area contributed by atoms with Crippen molar-refractivity contribution in [2.75, 3.05) is 18.4 Å². The first-order chi connectivity index (χ1) is 10.6. The fourth-order valence-electron chi connectivity index (χ4n) is 4.30. The van der Waals surface area contributed by atoms with Crippen LogP contribution < -0.4 is 5.32 Å². The lowest BCUT2D eigenvalue weighted by atomic mass is 9.80. The second kappa shape index (κ2) is 6.62. The van der Waals surface area contributed by atoms with Crippen LogP contribution in [-0.4, -0.2) is 29.6 Å². The third-order valence-electron chi connectivity index (χ3n) is 5.94. The predicted octanol–water partition coefficient (Wildman–Crippen LogP) is 4.90. The molecule has 0 aromatic heterocycles. The van der Waals surface area contributed by atoms with Crippen LogP contribution >= 0.6 is 0 Å². The summed E-state index contributed by atoms with van der Waals surface area (Å²) in [5.74, 6) is 0. The molecule has 1 aromatic rings. The summed E-state index contributed by atoms with van der Waals surface area (Å²) in [7, 11) is 0. The smallest absolute Gasteiger partial charge is 0.0374 e. The van der Waals surface area contributed by atoms with E-state index in [1.807, 2.05) is 0 Å². The summed E-state index contributed by atoms with van der Waals surface area (Å²) >= 11 is 0. The predicted molar refractivity (Wildman–Crippen MR) is 95.6 cm³/mol. The molecule has 122 valence electrons. The standard InChI is InChI=1S/C20H32N2/c1-16-7-8-17(2)19(15-16)21-18-9-13-22(14-10-18)20(3)11-5-4-6-12-20/h7-8,15,18,21H,4-6,9-14H2,1-3H3. The second-order valence-corrected chi connectivity index (χ2v) is 7.78. The van der Waals surface area contributed by atoms with Crippen LogP contribution in [0.5, 0.6) is 0 Å². The molecule has 1 aromatic carbocycles. The van der Waals surface area contributed by atoms with Crippen LogP contribution in [-0.2, 0) is 0 Å². The van der Waals surface area contributed by atoms with Gasteiger partial charge in [0.05, 0.1) is 0 Å². The van der Waals surface area contributed by atoms with Crippen molar-refractivity contribution in [1.82, 2.24) is 4.90 Å². The first kappa shape index (κ1) is 15.9. The van der Waals surface area contributed by atoms with Gasteiger partial charge in [-0.25, -0.2) is 0 Å². The van der Waals surface area contributed by atoms with Crippen LogP contribution in [0.25, 0.3) is 0 Å². The molecule has 0 unspecified atom stereocenters. The zero-order valence-corrected chi connectivity index (χ0v) is 14.6. The molecule has 1 saturated heterocycles. The lowest BCUT2D eigenvalue weighted by Crippen LogP contribution is -2.52. The molecule has 2 fully saturated rings. The van der Waals surface area contributed by atoms with Gasteiger partial charge in [-0.15, -0.1) is 0 Å². The fourth-order valence-corrected chi connectivity index (χ4v) is 4.30. The van der Waals surface area contributed by atoms with E-state index >= 15 is 0 Å². The minimum Gasteiger partial charge on any atom is -0.382 e. The Morgan fingerprint density at radius 1 is 1.05 bits per heavy atom. The van der Waals surface area contributed by atoms with Gasteiger partial charge in [0, 0.05) is 30.4 Å². The van der Waals surface area contributed by atoms with E-state index in [9.17, 15) is 0 Å². The van der Waals surface area contributed by atoms with Crippen LogP contribution in [0.4, 0.5) is 5.69 Å². The summed E-state index contributed by atoms with van der Waals surface area (Å²) in [6.45, 7) is 9.42. The summed E-state index contributed by atoms with van der Waals surface area (Å²) < 4.78 is 0. The highest BCUT2D eigenvalue weighted by Gasteiger charge is 2.35. The number of nitrogens with zero attached hydrogens (tertiary/aromatic N) is 1. The topological polar surface area (TPSA) is 15.3 Å². The average molecular weight is 300 g/mol. The van der Waals surface area contributed by atoms with E-state index in [-0.39, 0.29) is 0 Å². The summed E-state index contributed by atoms with van der Waals surface area (Å²) in [5.41, 5.74) is 4.54. The van der Waals surface area contributed by atoms with E-state index in [1.165, 1.54) is 74.8 Å². The van der Waals surface area contributed by atoms with Crippen molar-refractivity contribution in [2.24, 2.45) is 0 Å². The van der Waals surface area contributed by atoms with Crippen molar-refractivity contribution in [3.63, 3.8) is 0 Å². The van der Waals surface area contributed by atoms with Crippen LogP contribution in [0.15, 0.2) is 18.2 Å². The van der Waals surface area contributed by atoms with Crippen LogP contribution in [0.2, 0.25) is 0 Å². The van der Waals surface area contributed by atoms with Gasteiger partial charge in [-0.3, -0.25) is 4.90 Å². The van der Waals surface area contributed by atoms with E-state index in [0.29, 0.717) is 11.6 Å². The highest BCUT2D eigenvalue weighted by molar-refractivity contribution is 5.53. The maximum atomic E-state index is 3.80. The number of anilines is 1. The number of aryl methyl sites for hydroxylation is 2. The Bertz CT molecular complexity index is 494. The second-order valence-electron chi connectivity index (χ2n) is 7.78. The van der Waals surface area contributed by atoms with E-state index in [0.717, 1.165) is 0 Å². The number of benzene rings is 1. The van der Waals surface area contributed by atoms with Gasteiger partial charge in [-0.2, -0.15) is 0 Å². The third kappa shape index (κ3) is 3.48. The van der Waals surface area contributed by atoms with E-state index in [4.69, 9.17) is 0 Å². The quantitative estimate of drug-likeness (QED) is 0.854. The van der Waals surface area contributed by atoms with Crippen molar-refractivity contribution in [1.29, 1.82) is 0 Å². The lowest BCUT2D eigenvalue weighted by molar-refractivity contribution is 0.0457. The monoisotopic (exact) mass is 300 g/mol. The molecule has 1 aliphatic heterocycles. The first-order valence-corrected chi connectivity index (χ1v) is 9.16. The normalized spacial score (nSPS) is 23.4. The van der Waals surface area contributed by atoms with Gasteiger partial charge in [0.15, 0.2) is 0 Å². The number of rotatable bonds is 3. The Labute approximate surface area is 136 Å². The number of nitrogens with one attached hydrogen (secondary N) is 1. The minimum absolute atomic E-state index is 0.489. The number of hydrogen-bond donors (Lipinski definition) is 1. The first-order valence-electron chi connectivity index (χ1n) is 9.16. The van der Waals surface area contributed by atoms with Crippen molar-refractivity contribution in [3.8, 4) is 0 Å². The molecule has 0 amide bonds. The Balaban J connectivity index is 1.56. The van der Waals surface area contributed by atoms with E-state index < -0.39 is 0 Å². The van der Waals surface area contributed by atoms with Gasteiger partial charge in [0.1, 0.15) is 0 Å². The van der Waals surface area contributed by atoms with Gasteiger partial charge >= 0.3 is 0 Å². The zero-order chi connectivity index (χ0) is 15.6. The van der Waals surface area contributed by atoms with Gasteiger partial charge in [0.25, 0.3) is 0 Å². The fraction of sp³-hybridized carbons (Fsp3) is 0.700. The largest absolute Gasteiger partial charge is 0.382 e. The zero-order valence-electron chi connectivity index (χ0n) is 14.6. The number of hydrogen-bond acceptors (Lipinski definition) is 2. The highest BCUT2D eigenvalue weighted by Crippen LogP contribution is 2.35. The Morgan fingerprint density at radius 3 is 2.41 bits per heavy atom. The van der Waals surface area contributed by atoms with Crippen LogP contribution in [0.3, 0.4) is 0 Å². The van der Waals surface area contributed by atoms with Crippen LogP contribution in [0.1, 0.15) is 63.0 Å². The highest BCUT2D eigenvalue weighted by atomic mass is 15.2. The van der Waals surface area contributed by atoms with E-state index in [1.54, 1.807) is 0 Å². The van der Waals surface area contributed by atoms with Gasteiger partial charge in [-0.1, -0.05) is 31.4 Å². The number of piperidine rings is 1. The SMILES string of the molecule is Cc1ccc(C)c(NC2CCN(C3(C)CCCCC3)CC2)c1. The molecule has 1 heterocycles. The van der Waals surface area contributed by atoms with Gasteiger partial charge in [-0.05, 0) is 63.6 Å². The summed E-state index contributed by atoms with van der Waals surface area (Å²) in [4.78, 5) is 2.79. The van der Waals surface area contributed by atoms with E-state index in [2.05, 4.69) is 49.2 Å². The molecule has 0 bridgehead atoms. The molecule has 1 aliphatic carbocycles. The lowest BCUT2D eigenvalue weighted by Gasteiger charge is -2.47. The van der Waals surface area contributed by atoms with Crippen molar-refractivity contribution >= 4 is 5.69 Å². The summed E-state index contributed by atoms with van der Waals surface area (Å²) in [6, 6.07) is 7.37. The molecule has 2 aliphatic rings. The Morgan fingerprint density at radius 2 is 1.73 bits per heavy atom. The summed E-state index contributed by atoms with van der Waals surface area (Å²) in [6.07, 6.45) is 9.67. The number of likely N-dealkylation sites (tertiary alicyclic amines) is 1. The van der Waals surface area contributed by atoms with Crippen molar-refractivity contribution < 1.29 is 0 Å². The molecular formula is C20H32N2. The summed E-state index contributed by atoms with van der Waals surface area (Å²) in [5, 5.41) is 3.80. The molecule has 1 saturated carbocycles. The molecule has 0 atom stereocenters. The molecule has 0 spiro atoms. The van der Waals surface area contributed by atoms with Crippen LogP contribution in [0, 0.1) is 13.8 Å². The van der Waals surface area contributed by atoms with Crippen molar-refractivity contribution in [3.05, 3.63) is 29.3 Å². The minimum atomic E-state index is 0.489. The molecule has 2 nitrogen and oxygen atoms in total. The maximum absolute atomic E-state index is 3.80. The molecule has 1 N–H and O–H groups in total. The molecule has 22 heavy (non-hydrogen) atoms. The van der Waals surface area contributed by atoms with Gasteiger partial charge in [0.2, 0.25) is 0 Å². The molecule has 3 rings (SSSR count). The van der Waals surface area contributed by atoms with Crippen molar-refractivity contribution in [2.45, 2.75) is 77.3 Å². The van der Waals surface area contributed by atoms with Gasteiger partial charge < -0.3 is 5.32 Å². The Kier molecular flexibility index (Phi) is 4.77. The maximum Gasteiger partial charge on any atom is 0.0374 e. The average Bonchev–Trinajstić information content (AvgIpc) is 2.52. The molecule has 0 radical (unpaired) electrons.